The lowest BCUT2D eigenvalue weighted by Crippen LogP contribution is -2.26. The Kier molecular flexibility index (Phi) is 9.46. The molecule has 0 saturated carbocycles. The number of likely N-dealkylation sites (N-methyl/N-ethyl adjacent to an activating group) is 1. The molecule has 37 heavy (non-hydrogen) atoms. The standard InChI is InChI=1S/C32H46N2O3/c1-9-17-34(10-2)18-15-23-11-13-26(14-12-23)36-19-16-25-22-37-30(33-25)24-20-27(31(3,4)5)29(35)28(21-24)32(6,7)8/h11-14,20-22,35H,9-10,15-19H2,1-8H3. The monoisotopic (exact) mass is 506 g/mol. The van der Waals surface area contributed by atoms with Crippen molar-refractivity contribution in [1.29, 1.82) is 0 Å². The largest absolute Gasteiger partial charge is 0.507 e. The highest BCUT2D eigenvalue weighted by molar-refractivity contribution is 5.63. The molecule has 0 unspecified atom stereocenters. The molecule has 0 amide bonds. The second-order valence-corrected chi connectivity index (χ2v) is 12.0. The Balaban J connectivity index is 1.63. The Hall–Kier alpha value is -2.79. The molecule has 2 aromatic carbocycles. The predicted molar refractivity (Wildman–Crippen MR) is 153 cm³/mol. The summed E-state index contributed by atoms with van der Waals surface area (Å²) in [6.45, 7) is 21.0. The summed E-state index contributed by atoms with van der Waals surface area (Å²) in [5.41, 5.74) is 4.46. The van der Waals surface area contributed by atoms with Gasteiger partial charge in [0.25, 0.3) is 0 Å². The van der Waals surface area contributed by atoms with Gasteiger partial charge in [0.15, 0.2) is 0 Å². The van der Waals surface area contributed by atoms with Crippen LogP contribution in [0.15, 0.2) is 47.1 Å². The van der Waals surface area contributed by atoms with Crippen LogP contribution in [-0.2, 0) is 23.7 Å². The van der Waals surface area contributed by atoms with E-state index in [0.717, 1.165) is 54.2 Å². The highest BCUT2D eigenvalue weighted by atomic mass is 16.5. The summed E-state index contributed by atoms with van der Waals surface area (Å²) in [6, 6.07) is 12.4. The first-order valence-electron chi connectivity index (χ1n) is 13.7. The number of hydrogen-bond acceptors (Lipinski definition) is 5. The molecule has 0 atom stereocenters. The van der Waals surface area contributed by atoms with Crippen molar-refractivity contribution >= 4 is 0 Å². The van der Waals surface area contributed by atoms with E-state index in [1.54, 1.807) is 6.26 Å². The summed E-state index contributed by atoms with van der Waals surface area (Å²) in [4.78, 5) is 7.22. The van der Waals surface area contributed by atoms with Crippen LogP contribution in [0.2, 0.25) is 0 Å². The minimum Gasteiger partial charge on any atom is -0.507 e. The van der Waals surface area contributed by atoms with E-state index in [0.29, 0.717) is 24.7 Å². The van der Waals surface area contributed by atoms with E-state index in [-0.39, 0.29) is 10.8 Å². The number of aromatic nitrogens is 1. The summed E-state index contributed by atoms with van der Waals surface area (Å²) < 4.78 is 11.8. The molecular formula is C32H46N2O3. The molecule has 0 radical (unpaired) electrons. The topological polar surface area (TPSA) is 58.7 Å². The van der Waals surface area contributed by atoms with E-state index in [2.05, 4.69) is 84.6 Å². The number of ether oxygens (including phenoxy) is 1. The van der Waals surface area contributed by atoms with Crippen molar-refractivity contribution in [2.24, 2.45) is 0 Å². The molecule has 5 nitrogen and oxygen atoms in total. The van der Waals surface area contributed by atoms with E-state index in [1.165, 1.54) is 12.0 Å². The number of hydrogen-bond donors (Lipinski definition) is 1. The van der Waals surface area contributed by atoms with E-state index < -0.39 is 0 Å². The number of phenolic OH excluding ortho intramolecular Hbond substituents is 1. The van der Waals surface area contributed by atoms with E-state index in [1.807, 2.05) is 12.1 Å². The van der Waals surface area contributed by atoms with Crippen LogP contribution in [0, 0.1) is 0 Å². The van der Waals surface area contributed by atoms with Crippen LogP contribution < -0.4 is 4.74 Å². The van der Waals surface area contributed by atoms with E-state index in [4.69, 9.17) is 14.1 Å². The smallest absolute Gasteiger partial charge is 0.226 e. The third-order valence-electron chi connectivity index (χ3n) is 6.78. The van der Waals surface area contributed by atoms with Crippen molar-refractivity contribution in [3.63, 3.8) is 0 Å². The maximum absolute atomic E-state index is 11.0. The zero-order valence-electron chi connectivity index (χ0n) is 24.1. The molecule has 3 aromatic rings. The molecule has 0 fully saturated rings. The van der Waals surface area contributed by atoms with Crippen LogP contribution in [0.4, 0.5) is 0 Å². The Labute approximate surface area is 223 Å². The van der Waals surface area contributed by atoms with Gasteiger partial charge in [-0.05, 0) is 66.6 Å². The van der Waals surface area contributed by atoms with Crippen LogP contribution in [0.5, 0.6) is 11.5 Å². The molecule has 0 aliphatic heterocycles. The van der Waals surface area contributed by atoms with Crippen LogP contribution >= 0.6 is 0 Å². The second-order valence-electron chi connectivity index (χ2n) is 12.0. The Morgan fingerprint density at radius 1 is 0.892 bits per heavy atom. The lowest BCUT2D eigenvalue weighted by Gasteiger charge is -2.27. The van der Waals surface area contributed by atoms with Gasteiger partial charge in [0, 0.05) is 29.7 Å². The molecule has 0 aliphatic rings. The van der Waals surface area contributed by atoms with Gasteiger partial charge >= 0.3 is 0 Å². The highest BCUT2D eigenvalue weighted by Crippen LogP contribution is 2.41. The summed E-state index contributed by atoms with van der Waals surface area (Å²) in [7, 11) is 0. The van der Waals surface area contributed by atoms with Gasteiger partial charge in [-0.25, -0.2) is 4.98 Å². The maximum atomic E-state index is 11.0. The quantitative estimate of drug-likeness (QED) is 0.291. The van der Waals surface area contributed by atoms with Crippen molar-refractivity contribution in [3.8, 4) is 23.0 Å². The molecule has 1 N–H and O–H groups in total. The average Bonchev–Trinajstić information content (AvgIpc) is 3.30. The van der Waals surface area contributed by atoms with Crippen molar-refractivity contribution < 1.29 is 14.3 Å². The van der Waals surface area contributed by atoms with Gasteiger partial charge in [0.2, 0.25) is 5.89 Å². The van der Waals surface area contributed by atoms with Gasteiger partial charge < -0.3 is 19.2 Å². The van der Waals surface area contributed by atoms with Crippen molar-refractivity contribution in [3.05, 3.63) is 65.0 Å². The SMILES string of the molecule is CCCN(CC)CCc1ccc(OCCc2coc(-c3cc(C(C)(C)C)c(O)c(C(C)(C)C)c3)n2)cc1. The average molecular weight is 507 g/mol. The van der Waals surface area contributed by atoms with Crippen molar-refractivity contribution in [2.45, 2.75) is 85.5 Å². The van der Waals surface area contributed by atoms with E-state index >= 15 is 0 Å². The number of rotatable bonds is 11. The van der Waals surface area contributed by atoms with Gasteiger partial charge in [0.05, 0.1) is 12.3 Å². The molecule has 0 spiro atoms. The van der Waals surface area contributed by atoms with Crippen LogP contribution in [-0.4, -0.2) is 41.2 Å². The normalized spacial score (nSPS) is 12.4. The number of oxazole rings is 1. The number of phenols is 1. The predicted octanol–water partition coefficient (Wildman–Crippen LogP) is 7.54. The maximum Gasteiger partial charge on any atom is 0.226 e. The summed E-state index contributed by atoms with van der Waals surface area (Å²) >= 11 is 0. The lowest BCUT2D eigenvalue weighted by atomic mass is 9.78. The van der Waals surface area contributed by atoms with Gasteiger partial charge in [-0.2, -0.15) is 0 Å². The fourth-order valence-corrected chi connectivity index (χ4v) is 4.51. The zero-order valence-corrected chi connectivity index (χ0v) is 24.1. The van der Waals surface area contributed by atoms with E-state index in [9.17, 15) is 5.11 Å². The van der Waals surface area contributed by atoms with Gasteiger partial charge in [-0.1, -0.05) is 67.5 Å². The molecule has 0 bridgehead atoms. The van der Waals surface area contributed by atoms with Crippen LogP contribution in [0.25, 0.3) is 11.5 Å². The second kappa shape index (κ2) is 12.2. The minimum atomic E-state index is -0.205. The molecule has 1 aromatic heterocycles. The number of benzene rings is 2. The molecule has 0 saturated heterocycles. The summed E-state index contributed by atoms with van der Waals surface area (Å²) in [6.07, 6.45) is 4.61. The Morgan fingerprint density at radius 3 is 2.05 bits per heavy atom. The molecule has 202 valence electrons. The third-order valence-corrected chi connectivity index (χ3v) is 6.78. The van der Waals surface area contributed by atoms with Crippen LogP contribution in [0.3, 0.4) is 0 Å². The van der Waals surface area contributed by atoms with Gasteiger partial charge in [-0.3, -0.25) is 0 Å². The molecule has 0 aliphatic carbocycles. The first-order valence-corrected chi connectivity index (χ1v) is 13.7. The Morgan fingerprint density at radius 2 is 1.51 bits per heavy atom. The fraction of sp³-hybridized carbons (Fsp3) is 0.531. The van der Waals surface area contributed by atoms with Crippen LogP contribution in [0.1, 0.15) is 84.2 Å². The fourth-order valence-electron chi connectivity index (χ4n) is 4.51. The summed E-state index contributed by atoms with van der Waals surface area (Å²) in [5.74, 6) is 1.80. The van der Waals surface area contributed by atoms with Gasteiger partial charge in [-0.15, -0.1) is 0 Å². The molecule has 3 rings (SSSR count). The minimum absolute atomic E-state index is 0.205. The van der Waals surface area contributed by atoms with Crippen molar-refractivity contribution in [2.75, 3.05) is 26.2 Å². The number of aromatic hydroxyl groups is 1. The molecular weight excluding hydrogens is 460 g/mol. The number of nitrogens with zero attached hydrogens (tertiary/aromatic N) is 2. The summed E-state index contributed by atoms with van der Waals surface area (Å²) in [5, 5.41) is 11.0. The zero-order chi connectivity index (χ0) is 27.2. The third kappa shape index (κ3) is 7.85. The first kappa shape index (κ1) is 28.8. The first-order chi connectivity index (χ1) is 17.4. The highest BCUT2D eigenvalue weighted by Gasteiger charge is 2.27. The molecule has 1 heterocycles. The Bertz CT molecular complexity index is 1100. The van der Waals surface area contributed by atoms with Crippen molar-refractivity contribution in [1.82, 2.24) is 9.88 Å². The molecule has 5 heteroatoms. The van der Waals surface area contributed by atoms with Gasteiger partial charge in [0.1, 0.15) is 17.8 Å². The lowest BCUT2D eigenvalue weighted by molar-refractivity contribution is 0.292.